The van der Waals surface area contributed by atoms with Crippen LogP contribution in [0.4, 0.5) is 0 Å². The monoisotopic (exact) mass is 353 g/mol. The van der Waals surface area contributed by atoms with Crippen molar-refractivity contribution in [3.63, 3.8) is 0 Å². The number of aromatic nitrogens is 2. The molecule has 0 fully saturated rings. The number of hydrogen-bond donors (Lipinski definition) is 1. The average Bonchev–Trinajstić information content (AvgIpc) is 3.20. The second-order valence-electron chi connectivity index (χ2n) is 5.45. The average molecular weight is 353 g/mol. The lowest BCUT2D eigenvalue weighted by molar-refractivity contribution is -0.130. The van der Waals surface area contributed by atoms with Crippen LogP contribution in [0.5, 0.6) is 11.5 Å². The van der Waals surface area contributed by atoms with Crippen LogP contribution >= 0.6 is 11.3 Å². The first kappa shape index (κ1) is 15.6. The van der Waals surface area contributed by atoms with Crippen molar-refractivity contribution in [1.82, 2.24) is 15.3 Å². The summed E-state index contributed by atoms with van der Waals surface area (Å²) < 4.78 is 11.3. The molecule has 7 heteroatoms. The molecule has 25 heavy (non-hydrogen) atoms. The molecule has 4 rings (SSSR count). The van der Waals surface area contributed by atoms with E-state index in [4.69, 9.17) is 9.47 Å². The van der Waals surface area contributed by atoms with E-state index in [1.165, 1.54) is 0 Å². The van der Waals surface area contributed by atoms with Crippen LogP contribution in [0.15, 0.2) is 53.5 Å². The lowest BCUT2D eigenvalue weighted by Crippen LogP contribution is -2.43. The highest BCUT2D eigenvalue weighted by Gasteiger charge is 2.27. The standard InChI is InChI=1S/C18H15N3O3S/c22-18(16-10-23-14-3-1-2-4-15(14)24-16)21-9-13-17(20-7-6-19-13)12-5-8-25-11-12/h1-8,11,16H,9-10H2,(H,21,22)/t16-/m1/s1. The molecule has 1 N–H and O–H groups in total. The third-order valence-corrected chi connectivity index (χ3v) is 4.48. The van der Waals surface area contributed by atoms with Gasteiger partial charge in [0.1, 0.15) is 6.61 Å². The van der Waals surface area contributed by atoms with Crippen molar-refractivity contribution in [2.75, 3.05) is 6.61 Å². The Kier molecular flexibility index (Phi) is 4.30. The number of benzene rings is 1. The van der Waals surface area contributed by atoms with Gasteiger partial charge >= 0.3 is 0 Å². The molecule has 0 aliphatic carbocycles. The largest absolute Gasteiger partial charge is 0.485 e. The Balaban J connectivity index is 1.44. The number of hydrogen-bond acceptors (Lipinski definition) is 6. The predicted molar refractivity (Wildman–Crippen MR) is 93.5 cm³/mol. The second-order valence-corrected chi connectivity index (χ2v) is 6.23. The van der Waals surface area contributed by atoms with Crippen LogP contribution < -0.4 is 14.8 Å². The van der Waals surface area contributed by atoms with Crippen molar-refractivity contribution in [3.05, 3.63) is 59.2 Å². The number of thiophene rings is 1. The molecule has 2 aromatic heterocycles. The Bertz CT molecular complexity index is 883. The Morgan fingerprint density at radius 1 is 1.20 bits per heavy atom. The van der Waals surface area contributed by atoms with E-state index in [0.29, 0.717) is 17.2 Å². The number of amides is 1. The zero-order valence-corrected chi connectivity index (χ0v) is 14.0. The summed E-state index contributed by atoms with van der Waals surface area (Å²) in [6.45, 7) is 0.458. The van der Waals surface area contributed by atoms with Gasteiger partial charge in [-0.05, 0) is 23.6 Å². The van der Waals surface area contributed by atoms with Crippen molar-refractivity contribution < 1.29 is 14.3 Å². The third kappa shape index (κ3) is 3.32. The minimum Gasteiger partial charge on any atom is -0.485 e. The fourth-order valence-corrected chi connectivity index (χ4v) is 3.21. The molecular weight excluding hydrogens is 338 g/mol. The molecule has 0 spiro atoms. The lowest BCUT2D eigenvalue weighted by atomic mass is 10.2. The Morgan fingerprint density at radius 3 is 2.88 bits per heavy atom. The predicted octanol–water partition coefficient (Wildman–Crippen LogP) is 2.66. The van der Waals surface area contributed by atoms with E-state index in [9.17, 15) is 4.79 Å². The number of fused-ring (bicyclic) bond motifs is 1. The molecule has 0 saturated carbocycles. The molecule has 0 bridgehead atoms. The van der Waals surface area contributed by atoms with Crippen LogP contribution in [-0.4, -0.2) is 28.6 Å². The molecule has 3 aromatic rings. The summed E-state index contributed by atoms with van der Waals surface area (Å²) in [5.74, 6) is 0.990. The zero-order chi connectivity index (χ0) is 17.1. The maximum atomic E-state index is 12.4. The van der Waals surface area contributed by atoms with Crippen LogP contribution in [-0.2, 0) is 11.3 Å². The van der Waals surface area contributed by atoms with Gasteiger partial charge in [-0.2, -0.15) is 11.3 Å². The van der Waals surface area contributed by atoms with Gasteiger partial charge < -0.3 is 14.8 Å². The van der Waals surface area contributed by atoms with E-state index >= 15 is 0 Å². The Labute approximate surface area is 148 Å². The molecule has 1 aromatic carbocycles. The van der Waals surface area contributed by atoms with Gasteiger partial charge in [0.2, 0.25) is 6.10 Å². The van der Waals surface area contributed by atoms with Gasteiger partial charge in [-0.3, -0.25) is 14.8 Å². The number of carbonyl (C=O) groups is 1. The van der Waals surface area contributed by atoms with Crippen LogP contribution in [0.25, 0.3) is 11.3 Å². The molecule has 0 saturated heterocycles. The minimum absolute atomic E-state index is 0.181. The summed E-state index contributed by atoms with van der Waals surface area (Å²) in [6.07, 6.45) is 2.58. The van der Waals surface area contributed by atoms with Crippen molar-refractivity contribution >= 4 is 17.2 Å². The van der Waals surface area contributed by atoms with Gasteiger partial charge in [0.25, 0.3) is 5.91 Å². The zero-order valence-electron chi connectivity index (χ0n) is 13.2. The Hall–Kier alpha value is -2.93. The van der Waals surface area contributed by atoms with E-state index in [1.54, 1.807) is 29.8 Å². The van der Waals surface area contributed by atoms with Gasteiger partial charge in [0.15, 0.2) is 11.5 Å². The third-order valence-electron chi connectivity index (χ3n) is 3.80. The molecule has 3 heterocycles. The highest BCUT2D eigenvalue weighted by atomic mass is 32.1. The van der Waals surface area contributed by atoms with Gasteiger partial charge in [-0.25, -0.2) is 0 Å². The molecule has 1 amide bonds. The second kappa shape index (κ2) is 6.90. The van der Waals surface area contributed by atoms with Crippen molar-refractivity contribution in [1.29, 1.82) is 0 Å². The molecule has 1 atom stereocenters. The summed E-state index contributed by atoms with van der Waals surface area (Å²) in [5.41, 5.74) is 2.48. The summed E-state index contributed by atoms with van der Waals surface area (Å²) in [7, 11) is 0. The first-order valence-corrected chi connectivity index (χ1v) is 8.74. The number of rotatable bonds is 4. The number of carbonyl (C=O) groups excluding carboxylic acids is 1. The number of para-hydroxylation sites is 2. The summed E-state index contributed by atoms with van der Waals surface area (Å²) >= 11 is 1.59. The molecule has 1 aliphatic rings. The van der Waals surface area contributed by atoms with E-state index in [2.05, 4.69) is 15.3 Å². The Morgan fingerprint density at radius 2 is 2.04 bits per heavy atom. The smallest absolute Gasteiger partial charge is 0.265 e. The van der Waals surface area contributed by atoms with Crippen LogP contribution in [0.1, 0.15) is 5.69 Å². The fraction of sp³-hybridized carbons (Fsp3) is 0.167. The highest BCUT2D eigenvalue weighted by molar-refractivity contribution is 7.08. The van der Waals surface area contributed by atoms with E-state index in [1.807, 2.05) is 35.0 Å². The number of ether oxygens (including phenoxy) is 2. The van der Waals surface area contributed by atoms with E-state index in [-0.39, 0.29) is 19.1 Å². The maximum Gasteiger partial charge on any atom is 0.265 e. The maximum absolute atomic E-state index is 12.4. The molecule has 0 radical (unpaired) electrons. The van der Waals surface area contributed by atoms with Crippen LogP contribution in [0.2, 0.25) is 0 Å². The minimum atomic E-state index is -0.684. The van der Waals surface area contributed by atoms with Crippen LogP contribution in [0.3, 0.4) is 0 Å². The lowest BCUT2D eigenvalue weighted by Gasteiger charge is -2.25. The topological polar surface area (TPSA) is 73.3 Å². The van der Waals surface area contributed by atoms with Gasteiger partial charge in [-0.1, -0.05) is 12.1 Å². The summed E-state index contributed by atoms with van der Waals surface area (Å²) in [5, 5.41) is 6.85. The molecule has 126 valence electrons. The summed E-state index contributed by atoms with van der Waals surface area (Å²) in [4.78, 5) is 21.1. The van der Waals surface area contributed by atoms with Crippen molar-refractivity contribution in [2.45, 2.75) is 12.6 Å². The van der Waals surface area contributed by atoms with Gasteiger partial charge in [0.05, 0.1) is 17.9 Å². The molecule has 6 nitrogen and oxygen atoms in total. The number of nitrogens with one attached hydrogen (secondary N) is 1. The molecule has 0 unspecified atom stereocenters. The normalized spacial score (nSPS) is 15.6. The fourth-order valence-electron chi connectivity index (χ4n) is 2.57. The quantitative estimate of drug-likeness (QED) is 0.781. The molecule has 1 aliphatic heterocycles. The molecular formula is C18H15N3O3S. The van der Waals surface area contributed by atoms with E-state index in [0.717, 1.165) is 11.3 Å². The first-order valence-electron chi connectivity index (χ1n) is 7.80. The van der Waals surface area contributed by atoms with Gasteiger partial charge in [-0.15, -0.1) is 0 Å². The van der Waals surface area contributed by atoms with Crippen LogP contribution in [0, 0.1) is 0 Å². The summed E-state index contributed by atoms with van der Waals surface area (Å²) in [6, 6.07) is 9.29. The van der Waals surface area contributed by atoms with Crippen molar-refractivity contribution in [3.8, 4) is 22.8 Å². The van der Waals surface area contributed by atoms with Gasteiger partial charge in [0, 0.05) is 23.3 Å². The SMILES string of the molecule is O=C(NCc1nccnc1-c1ccsc1)[C@H]1COc2ccccc2O1. The highest BCUT2D eigenvalue weighted by Crippen LogP contribution is 2.31. The first-order chi connectivity index (χ1) is 12.3. The number of nitrogens with zero attached hydrogens (tertiary/aromatic N) is 2. The van der Waals surface area contributed by atoms with Crippen molar-refractivity contribution in [2.24, 2.45) is 0 Å². The van der Waals surface area contributed by atoms with E-state index < -0.39 is 6.10 Å².